The summed E-state index contributed by atoms with van der Waals surface area (Å²) in [4.78, 5) is 8.55. The van der Waals surface area contributed by atoms with E-state index in [1.165, 1.54) is 12.4 Å². The Kier molecular flexibility index (Phi) is 4.32. The summed E-state index contributed by atoms with van der Waals surface area (Å²) in [5, 5.41) is 0.846. The van der Waals surface area contributed by atoms with Crippen LogP contribution in [0.1, 0.15) is 12.6 Å². The molecule has 118 valence electrons. The first kappa shape index (κ1) is 15.9. The molecule has 0 aliphatic rings. The standard InChI is InChI=1S/C16H14BrN3O2S/c1-2-12-6-7-14(10-18-12)23(21,22)20-13-8-11-4-3-5-15(17)16(11)19-9-13/h3-10,20H,2H2,1H3. The van der Waals surface area contributed by atoms with Crippen LogP contribution in [0.2, 0.25) is 0 Å². The Morgan fingerprint density at radius 2 is 1.96 bits per heavy atom. The van der Waals surface area contributed by atoms with Crippen LogP contribution in [0.3, 0.4) is 0 Å². The lowest BCUT2D eigenvalue weighted by molar-refractivity contribution is 0.600. The quantitative estimate of drug-likeness (QED) is 0.734. The fraction of sp³-hybridized carbons (Fsp3) is 0.125. The first-order valence-electron chi connectivity index (χ1n) is 7.01. The Bertz CT molecular complexity index is 957. The highest BCUT2D eigenvalue weighted by atomic mass is 79.9. The van der Waals surface area contributed by atoms with Crippen LogP contribution in [0.25, 0.3) is 10.9 Å². The number of nitrogens with one attached hydrogen (secondary N) is 1. The zero-order chi connectivity index (χ0) is 16.4. The van der Waals surface area contributed by atoms with Crippen LogP contribution >= 0.6 is 15.9 Å². The van der Waals surface area contributed by atoms with Gasteiger partial charge in [0.25, 0.3) is 10.0 Å². The van der Waals surface area contributed by atoms with Crippen molar-refractivity contribution in [1.29, 1.82) is 0 Å². The minimum Gasteiger partial charge on any atom is -0.278 e. The first-order chi connectivity index (χ1) is 11.0. The van der Waals surface area contributed by atoms with Gasteiger partial charge in [-0.3, -0.25) is 14.7 Å². The van der Waals surface area contributed by atoms with Gasteiger partial charge in [-0.2, -0.15) is 0 Å². The maximum atomic E-state index is 12.4. The van der Waals surface area contributed by atoms with E-state index in [9.17, 15) is 8.42 Å². The number of sulfonamides is 1. The fourth-order valence-electron chi connectivity index (χ4n) is 2.17. The van der Waals surface area contributed by atoms with Gasteiger partial charge in [-0.1, -0.05) is 19.1 Å². The third kappa shape index (κ3) is 3.35. The first-order valence-corrected chi connectivity index (χ1v) is 9.29. The molecule has 2 aromatic heterocycles. The van der Waals surface area contributed by atoms with Crippen LogP contribution in [0.4, 0.5) is 5.69 Å². The number of benzene rings is 1. The highest BCUT2D eigenvalue weighted by molar-refractivity contribution is 9.10. The monoisotopic (exact) mass is 391 g/mol. The number of aromatic nitrogens is 2. The Morgan fingerprint density at radius 1 is 1.13 bits per heavy atom. The molecule has 23 heavy (non-hydrogen) atoms. The maximum Gasteiger partial charge on any atom is 0.263 e. The molecule has 0 spiro atoms. The molecule has 0 bridgehead atoms. The molecule has 3 rings (SSSR count). The number of halogens is 1. The lowest BCUT2D eigenvalue weighted by Crippen LogP contribution is -2.13. The predicted molar refractivity (Wildman–Crippen MR) is 93.9 cm³/mol. The molecular formula is C16H14BrN3O2S. The van der Waals surface area contributed by atoms with Crippen molar-refractivity contribution in [2.75, 3.05) is 4.72 Å². The van der Waals surface area contributed by atoms with E-state index in [0.717, 1.165) is 27.5 Å². The van der Waals surface area contributed by atoms with Crippen molar-refractivity contribution in [3.05, 3.63) is 59.0 Å². The third-order valence-electron chi connectivity index (χ3n) is 3.38. The number of hydrogen-bond donors (Lipinski definition) is 1. The molecule has 0 radical (unpaired) electrons. The number of pyridine rings is 2. The zero-order valence-electron chi connectivity index (χ0n) is 12.3. The normalized spacial score (nSPS) is 11.6. The topological polar surface area (TPSA) is 72.0 Å². The van der Waals surface area contributed by atoms with E-state index in [1.54, 1.807) is 18.2 Å². The Labute approximate surface area is 143 Å². The molecule has 2 heterocycles. The number of para-hydroxylation sites is 1. The van der Waals surface area contributed by atoms with Crippen LogP contribution < -0.4 is 4.72 Å². The van der Waals surface area contributed by atoms with Gasteiger partial charge in [-0.05, 0) is 46.6 Å². The minimum atomic E-state index is -3.68. The molecular weight excluding hydrogens is 378 g/mol. The molecule has 5 nitrogen and oxygen atoms in total. The van der Waals surface area contributed by atoms with Crippen molar-refractivity contribution >= 4 is 42.5 Å². The van der Waals surface area contributed by atoms with E-state index in [-0.39, 0.29) is 4.90 Å². The van der Waals surface area contributed by atoms with Crippen LogP contribution in [-0.2, 0) is 16.4 Å². The van der Waals surface area contributed by atoms with Crippen LogP contribution in [0.5, 0.6) is 0 Å². The zero-order valence-corrected chi connectivity index (χ0v) is 14.7. The highest BCUT2D eigenvalue weighted by Gasteiger charge is 2.15. The van der Waals surface area contributed by atoms with Gasteiger partial charge in [0.15, 0.2) is 0 Å². The summed E-state index contributed by atoms with van der Waals surface area (Å²) in [6.07, 6.45) is 3.63. The fourth-order valence-corrected chi connectivity index (χ4v) is 3.63. The van der Waals surface area contributed by atoms with E-state index >= 15 is 0 Å². The number of hydrogen-bond acceptors (Lipinski definition) is 4. The van der Waals surface area contributed by atoms with Crippen LogP contribution in [0.15, 0.2) is 58.2 Å². The number of rotatable bonds is 4. The van der Waals surface area contributed by atoms with Crippen LogP contribution in [0, 0.1) is 0 Å². The van der Waals surface area contributed by atoms with E-state index in [2.05, 4.69) is 30.6 Å². The number of fused-ring (bicyclic) bond motifs is 1. The predicted octanol–water partition coefficient (Wildman–Crippen LogP) is 3.76. The lowest BCUT2D eigenvalue weighted by Gasteiger charge is -2.09. The van der Waals surface area contributed by atoms with Gasteiger partial charge in [0.2, 0.25) is 0 Å². The van der Waals surface area contributed by atoms with Crippen molar-refractivity contribution in [2.45, 2.75) is 18.2 Å². The SMILES string of the molecule is CCc1ccc(S(=O)(=O)Nc2cnc3c(Br)cccc3c2)cn1. The summed E-state index contributed by atoms with van der Waals surface area (Å²) in [5.74, 6) is 0. The van der Waals surface area contributed by atoms with E-state index < -0.39 is 10.0 Å². The highest BCUT2D eigenvalue weighted by Crippen LogP contribution is 2.25. The van der Waals surface area contributed by atoms with E-state index in [1.807, 2.05) is 25.1 Å². The second-order valence-electron chi connectivity index (χ2n) is 4.98. The summed E-state index contributed by atoms with van der Waals surface area (Å²) >= 11 is 3.42. The Morgan fingerprint density at radius 3 is 2.65 bits per heavy atom. The molecule has 0 atom stereocenters. The van der Waals surface area contributed by atoms with Crippen molar-refractivity contribution in [1.82, 2.24) is 9.97 Å². The van der Waals surface area contributed by atoms with Gasteiger partial charge in [-0.15, -0.1) is 0 Å². The molecule has 1 aromatic carbocycles. The van der Waals surface area contributed by atoms with Crippen molar-refractivity contribution in [3.63, 3.8) is 0 Å². The summed E-state index contributed by atoms with van der Waals surface area (Å²) in [6.45, 7) is 1.97. The van der Waals surface area contributed by atoms with Gasteiger partial charge in [0, 0.05) is 21.7 Å². The van der Waals surface area contributed by atoms with Gasteiger partial charge < -0.3 is 0 Å². The van der Waals surface area contributed by atoms with Crippen molar-refractivity contribution in [2.24, 2.45) is 0 Å². The molecule has 7 heteroatoms. The average molecular weight is 392 g/mol. The molecule has 0 amide bonds. The molecule has 3 aromatic rings. The maximum absolute atomic E-state index is 12.4. The van der Waals surface area contributed by atoms with Gasteiger partial charge >= 0.3 is 0 Å². The summed E-state index contributed by atoms with van der Waals surface area (Å²) in [5.41, 5.74) is 2.04. The average Bonchev–Trinajstić information content (AvgIpc) is 2.54. The summed E-state index contributed by atoms with van der Waals surface area (Å²) in [7, 11) is -3.68. The second kappa shape index (κ2) is 6.25. The van der Waals surface area contributed by atoms with Gasteiger partial charge in [0.05, 0.1) is 17.4 Å². The number of aryl methyl sites for hydroxylation is 1. The molecule has 0 aliphatic carbocycles. The number of anilines is 1. The summed E-state index contributed by atoms with van der Waals surface area (Å²) in [6, 6.07) is 10.7. The van der Waals surface area contributed by atoms with E-state index in [0.29, 0.717) is 5.69 Å². The van der Waals surface area contributed by atoms with Crippen molar-refractivity contribution < 1.29 is 8.42 Å². The lowest BCUT2D eigenvalue weighted by atomic mass is 10.2. The van der Waals surface area contributed by atoms with Gasteiger partial charge in [-0.25, -0.2) is 8.42 Å². The minimum absolute atomic E-state index is 0.129. The Hall–Kier alpha value is -1.99. The number of nitrogens with zero attached hydrogens (tertiary/aromatic N) is 2. The molecule has 0 saturated heterocycles. The smallest absolute Gasteiger partial charge is 0.263 e. The van der Waals surface area contributed by atoms with E-state index in [4.69, 9.17) is 0 Å². The molecule has 0 fully saturated rings. The largest absolute Gasteiger partial charge is 0.278 e. The van der Waals surface area contributed by atoms with Gasteiger partial charge in [0.1, 0.15) is 4.90 Å². The van der Waals surface area contributed by atoms with Crippen LogP contribution in [-0.4, -0.2) is 18.4 Å². The third-order valence-corrected chi connectivity index (χ3v) is 5.39. The second-order valence-corrected chi connectivity index (χ2v) is 7.52. The molecule has 1 N–H and O–H groups in total. The van der Waals surface area contributed by atoms with Crippen molar-refractivity contribution in [3.8, 4) is 0 Å². The Balaban J connectivity index is 1.93. The molecule has 0 saturated carbocycles. The molecule has 0 aliphatic heterocycles. The summed E-state index contributed by atoms with van der Waals surface area (Å²) < 4.78 is 28.2. The molecule has 0 unspecified atom stereocenters.